The van der Waals surface area contributed by atoms with E-state index in [1.54, 1.807) is 0 Å². The van der Waals surface area contributed by atoms with Crippen LogP contribution in [0.5, 0.6) is 0 Å². The van der Waals surface area contributed by atoms with Crippen LogP contribution in [0.4, 0.5) is 0 Å². The molecule has 0 saturated heterocycles. The van der Waals surface area contributed by atoms with Gasteiger partial charge in [0.25, 0.3) is 0 Å². The number of amides is 2. The van der Waals surface area contributed by atoms with Crippen molar-refractivity contribution in [1.82, 2.24) is 20.2 Å². The van der Waals surface area contributed by atoms with Gasteiger partial charge in [-0.3, -0.25) is 9.59 Å². The van der Waals surface area contributed by atoms with Gasteiger partial charge in [-0.1, -0.05) is 39.8 Å². The minimum absolute atomic E-state index is 0.0264. The van der Waals surface area contributed by atoms with Gasteiger partial charge in [0.15, 0.2) is 0 Å². The summed E-state index contributed by atoms with van der Waals surface area (Å²) >= 11 is 0. The maximum absolute atomic E-state index is 12.5. The summed E-state index contributed by atoms with van der Waals surface area (Å²) in [5.74, 6) is 1.34. The number of hydrogen-bond donors (Lipinski definition) is 2. The number of hydrogen-bond acceptors (Lipinski definition) is 3. The average Bonchev–Trinajstić information content (AvgIpc) is 3.11. The fraction of sp³-hybridized carbons (Fsp3) is 0.609. The molecule has 29 heavy (non-hydrogen) atoms. The zero-order valence-corrected chi connectivity index (χ0v) is 18.3. The number of fused-ring (bicyclic) bond motifs is 1. The third kappa shape index (κ3) is 7.18. The van der Waals surface area contributed by atoms with Gasteiger partial charge >= 0.3 is 0 Å². The van der Waals surface area contributed by atoms with Crippen molar-refractivity contribution in [3.63, 3.8) is 0 Å². The Hall–Kier alpha value is -2.37. The SMILES string of the molecule is CCCN(CCC)C(=O)CCCC(=O)NC(CC(C)C)c1nc2ccccc2[nH]1. The van der Waals surface area contributed by atoms with Crippen molar-refractivity contribution in [2.24, 2.45) is 5.92 Å². The van der Waals surface area contributed by atoms with Crippen LogP contribution >= 0.6 is 0 Å². The van der Waals surface area contributed by atoms with Crippen LogP contribution in [0.3, 0.4) is 0 Å². The van der Waals surface area contributed by atoms with E-state index in [0.29, 0.717) is 25.2 Å². The highest BCUT2D eigenvalue weighted by Gasteiger charge is 2.20. The summed E-state index contributed by atoms with van der Waals surface area (Å²) in [6.07, 6.45) is 4.08. The van der Waals surface area contributed by atoms with E-state index in [4.69, 9.17) is 0 Å². The lowest BCUT2D eigenvalue weighted by atomic mass is 10.0. The van der Waals surface area contributed by atoms with Crippen LogP contribution in [0, 0.1) is 5.92 Å². The van der Waals surface area contributed by atoms with Crippen molar-refractivity contribution in [2.45, 2.75) is 72.3 Å². The number of carbonyl (C=O) groups excluding carboxylic acids is 2. The van der Waals surface area contributed by atoms with Crippen LogP contribution in [0.1, 0.15) is 78.1 Å². The summed E-state index contributed by atoms with van der Waals surface area (Å²) in [5, 5.41) is 3.12. The summed E-state index contributed by atoms with van der Waals surface area (Å²) in [5.41, 5.74) is 1.88. The molecule has 0 aliphatic rings. The number of carbonyl (C=O) groups is 2. The Bertz CT molecular complexity index is 745. The first-order chi connectivity index (χ1) is 13.9. The number of nitrogens with one attached hydrogen (secondary N) is 2. The molecule has 0 bridgehead atoms. The summed E-state index contributed by atoms with van der Waals surface area (Å²) in [7, 11) is 0. The molecule has 1 aromatic heterocycles. The standard InChI is InChI=1S/C23H36N4O2/c1-5-14-27(15-6-2)22(29)13-9-12-21(28)24-20(16-17(3)4)23-25-18-10-7-8-11-19(18)26-23/h7-8,10-11,17,20H,5-6,9,12-16H2,1-4H3,(H,24,28)(H,25,26). The average molecular weight is 401 g/mol. The predicted octanol–water partition coefficient (Wildman–Crippen LogP) is 4.59. The summed E-state index contributed by atoms with van der Waals surface area (Å²) in [4.78, 5) is 34.8. The molecule has 1 aromatic carbocycles. The zero-order valence-electron chi connectivity index (χ0n) is 18.3. The molecule has 0 saturated carbocycles. The molecule has 1 heterocycles. The molecular weight excluding hydrogens is 364 g/mol. The van der Waals surface area contributed by atoms with Gasteiger partial charge in [0.2, 0.25) is 11.8 Å². The minimum atomic E-state index is -0.151. The lowest BCUT2D eigenvalue weighted by molar-refractivity contribution is -0.131. The largest absolute Gasteiger partial charge is 0.346 e. The smallest absolute Gasteiger partial charge is 0.222 e. The van der Waals surface area contributed by atoms with Crippen LogP contribution in [0.25, 0.3) is 11.0 Å². The Balaban J connectivity index is 1.92. The number of rotatable bonds is 12. The van der Waals surface area contributed by atoms with Crippen molar-refractivity contribution >= 4 is 22.8 Å². The summed E-state index contributed by atoms with van der Waals surface area (Å²) in [6, 6.07) is 7.73. The Morgan fingerprint density at radius 1 is 1.10 bits per heavy atom. The van der Waals surface area contributed by atoms with Gasteiger partial charge < -0.3 is 15.2 Å². The second-order valence-electron chi connectivity index (χ2n) is 8.12. The van der Waals surface area contributed by atoms with Gasteiger partial charge in [-0.05, 0) is 43.7 Å². The molecule has 0 fully saturated rings. The lowest BCUT2D eigenvalue weighted by Crippen LogP contribution is -2.33. The number of para-hydroxylation sites is 2. The predicted molar refractivity (Wildman–Crippen MR) is 117 cm³/mol. The van der Waals surface area contributed by atoms with Gasteiger partial charge in [0, 0.05) is 25.9 Å². The molecule has 1 unspecified atom stereocenters. The third-order valence-corrected chi connectivity index (χ3v) is 4.91. The molecule has 0 radical (unpaired) electrons. The molecule has 2 N–H and O–H groups in total. The second kappa shape index (κ2) is 11.6. The lowest BCUT2D eigenvalue weighted by Gasteiger charge is -2.21. The minimum Gasteiger partial charge on any atom is -0.346 e. The van der Waals surface area contributed by atoms with Gasteiger partial charge in [0.05, 0.1) is 17.1 Å². The number of nitrogens with zero attached hydrogens (tertiary/aromatic N) is 2. The monoisotopic (exact) mass is 400 g/mol. The first kappa shape index (κ1) is 22.9. The fourth-order valence-corrected chi connectivity index (χ4v) is 3.57. The molecule has 6 nitrogen and oxygen atoms in total. The highest BCUT2D eigenvalue weighted by atomic mass is 16.2. The van der Waals surface area contributed by atoms with Crippen LogP contribution in [-0.4, -0.2) is 39.8 Å². The summed E-state index contributed by atoms with van der Waals surface area (Å²) < 4.78 is 0. The highest BCUT2D eigenvalue weighted by molar-refractivity contribution is 5.79. The van der Waals surface area contributed by atoms with Gasteiger partial charge in [0.1, 0.15) is 5.82 Å². The Morgan fingerprint density at radius 2 is 1.79 bits per heavy atom. The van der Waals surface area contributed by atoms with Crippen LogP contribution in [0.15, 0.2) is 24.3 Å². The molecule has 2 aromatic rings. The molecule has 0 aliphatic heterocycles. The molecule has 2 amide bonds. The van der Waals surface area contributed by atoms with Gasteiger partial charge in [-0.15, -0.1) is 0 Å². The zero-order chi connectivity index (χ0) is 21.2. The van der Waals surface area contributed by atoms with E-state index >= 15 is 0 Å². The van der Waals surface area contributed by atoms with E-state index < -0.39 is 0 Å². The third-order valence-electron chi connectivity index (χ3n) is 4.91. The van der Waals surface area contributed by atoms with Crippen LogP contribution in [0.2, 0.25) is 0 Å². The summed E-state index contributed by atoms with van der Waals surface area (Å²) in [6.45, 7) is 10.0. The van der Waals surface area contributed by atoms with E-state index in [9.17, 15) is 9.59 Å². The fourth-order valence-electron chi connectivity index (χ4n) is 3.57. The molecule has 160 valence electrons. The van der Waals surface area contributed by atoms with Crippen molar-refractivity contribution in [3.8, 4) is 0 Å². The van der Waals surface area contributed by atoms with E-state index in [1.165, 1.54) is 0 Å². The number of aromatic amines is 1. The van der Waals surface area contributed by atoms with Crippen molar-refractivity contribution in [2.75, 3.05) is 13.1 Å². The second-order valence-corrected chi connectivity index (χ2v) is 8.12. The van der Waals surface area contributed by atoms with Crippen LogP contribution in [-0.2, 0) is 9.59 Å². The van der Waals surface area contributed by atoms with E-state index in [0.717, 1.165) is 49.2 Å². The van der Waals surface area contributed by atoms with Gasteiger partial charge in [-0.2, -0.15) is 0 Å². The van der Waals surface area contributed by atoms with Crippen LogP contribution < -0.4 is 5.32 Å². The Morgan fingerprint density at radius 3 is 2.41 bits per heavy atom. The Kier molecular flexibility index (Phi) is 9.16. The Labute approximate surface area is 174 Å². The van der Waals surface area contributed by atoms with E-state index in [1.807, 2.05) is 29.2 Å². The molecular formula is C23H36N4O2. The molecule has 2 rings (SSSR count). The first-order valence-corrected chi connectivity index (χ1v) is 11.0. The maximum atomic E-state index is 12.5. The van der Waals surface area contributed by atoms with Crippen molar-refractivity contribution in [3.05, 3.63) is 30.1 Å². The topological polar surface area (TPSA) is 78.1 Å². The van der Waals surface area contributed by atoms with Gasteiger partial charge in [-0.25, -0.2) is 4.98 Å². The van der Waals surface area contributed by atoms with E-state index in [-0.39, 0.29) is 17.9 Å². The van der Waals surface area contributed by atoms with E-state index in [2.05, 4.69) is 43.0 Å². The number of aromatic nitrogens is 2. The molecule has 0 aliphatic carbocycles. The molecule has 0 spiro atoms. The van der Waals surface area contributed by atoms with Crippen molar-refractivity contribution in [1.29, 1.82) is 0 Å². The highest BCUT2D eigenvalue weighted by Crippen LogP contribution is 2.22. The van der Waals surface area contributed by atoms with Crippen molar-refractivity contribution < 1.29 is 9.59 Å². The maximum Gasteiger partial charge on any atom is 0.222 e. The molecule has 1 atom stereocenters. The quantitative estimate of drug-likeness (QED) is 0.547. The first-order valence-electron chi connectivity index (χ1n) is 11.0. The molecule has 6 heteroatoms. The number of imidazole rings is 1. The normalized spacial score (nSPS) is 12.3. The number of benzene rings is 1. The number of H-pyrrole nitrogens is 1.